The second kappa shape index (κ2) is 6.62. The van der Waals surface area contributed by atoms with E-state index < -0.39 is 0 Å². The van der Waals surface area contributed by atoms with Gasteiger partial charge >= 0.3 is 0 Å². The summed E-state index contributed by atoms with van der Waals surface area (Å²) in [5.41, 5.74) is 2.48. The average molecular weight is 381 g/mol. The molecule has 122 valence electrons. The fourth-order valence-corrected chi connectivity index (χ4v) is 2.89. The van der Waals surface area contributed by atoms with E-state index in [1.54, 1.807) is 12.1 Å². The van der Waals surface area contributed by atoms with E-state index in [1.165, 1.54) is 0 Å². The van der Waals surface area contributed by atoms with Crippen molar-refractivity contribution in [2.24, 2.45) is 0 Å². The topological polar surface area (TPSA) is 73.6 Å². The Labute approximate surface area is 142 Å². The van der Waals surface area contributed by atoms with E-state index in [4.69, 9.17) is 14.0 Å². The first-order chi connectivity index (χ1) is 11.0. The van der Waals surface area contributed by atoms with Gasteiger partial charge in [-0.3, -0.25) is 4.79 Å². The molecule has 1 aromatic heterocycles. The maximum Gasteiger partial charge on any atom is 0.224 e. The second-order valence-electron chi connectivity index (χ2n) is 5.33. The molecule has 23 heavy (non-hydrogen) atoms. The number of carbonyl (C=O) groups is 1. The number of fused-ring (bicyclic) bond motifs is 1. The summed E-state index contributed by atoms with van der Waals surface area (Å²) in [5, 5.41) is 6.79. The van der Waals surface area contributed by atoms with Gasteiger partial charge in [0, 0.05) is 28.6 Å². The summed E-state index contributed by atoms with van der Waals surface area (Å²) < 4.78 is 16.9. The van der Waals surface area contributed by atoms with Crippen molar-refractivity contribution < 1.29 is 18.8 Å². The summed E-state index contributed by atoms with van der Waals surface area (Å²) in [6.07, 6.45) is 0.943. The molecule has 0 atom stereocenters. The maximum absolute atomic E-state index is 12.2. The molecule has 1 aromatic carbocycles. The van der Waals surface area contributed by atoms with E-state index in [2.05, 4.69) is 26.4 Å². The van der Waals surface area contributed by atoms with E-state index in [9.17, 15) is 4.79 Å². The van der Waals surface area contributed by atoms with Gasteiger partial charge in [0.05, 0.1) is 11.4 Å². The lowest BCUT2D eigenvalue weighted by atomic mass is 10.1. The molecule has 0 unspecified atom stereocenters. The van der Waals surface area contributed by atoms with E-state index in [0.29, 0.717) is 43.2 Å². The molecule has 1 amide bonds. The molecule has 6 nitrogen and oxygen atoms in total. The van der Waals surface area contributed by atoms with Crippen LogP contribution < -0.4 is 14.8 Å². The molecule has 0 saturated heterocycles. The number of aryl methyl sites for hydroxylation is 2. The number of carbonyl (C=O) groups excluding carboxylic acids is 1. The molecule has 0 radical (unpaired) electrons. The largest absolute Gasteiger partial charge is 0.486 e. The van der Waals surface area contributed by atoms with Gasteiger partial charge in [-0.15, -0.1) is 0 Å². The van der Waals surface area contributed by atoms with Crippen LogP contribution >= 0.6 is 15.9 Å². The third kappa shape index (κ3) is 3.50. The predicted octanol–water partition coefficient (Wildman–Crippen LogP) is 3.40. The molecule has 0 saturated carbocycles. The van der Waals surface area contributed by atoms with Crippen LogP contribution in [-0.4, -0.2) is 24.3 Å². The van der Waals surface area contributed by atoms with Crippen LogP contribution in [0.3, 0.4) is 0 Å². The van der Waals surface area contributed by atoms with Crippen LogP contribution in [0.25, 0.3) is 0 Å². The number of rotatable bonds is 4. The van der Waals surface area contributed by atoms with Crippen molar-refractivity contribution in [3.8, 4) is 11.5 Å². The van der Waals surface area contributed by atoms with Gasteiger partial charge in [-0.05, 0) is 36.2 Å². The number of hydrogen-bond donors (Lipinski definition) is 1. The Morgan fingerprint density at radius 2 is 1.96 bits per heavy atom. The summed E-state index contributed by atoms with van der Waals surface area (Å²) in [6, 6.07) is 3.57. The first kappa shape index (κ1) is 15.9. The normalized spacial score (nSPS) is 13.0. The lowest BCUT2D eigenvalue weighted by molar-refractivity contribution is -0.116. The smallest absolute Gasteiger partial charge is 0.224 e. The van der Waals surface area contributed by atoms with E-state index in [-0.39, 0.29) is 5.91 Å². The number of amides is 1. The molecule has 1 aliphatic rings. The maximum atomic E-state index is 12.2. The molecule has 7 heteroatoms. The van der Waals surface area contributed by atoms with Crippen LogP contribution in [0.2, 0.25) is 0 Å². The number of aromatic nitrogens is 1. The number of nitrogens with zero attached hydrogens (tertiary/aromatic N) is 1. The summed E-state index contributed by atoms with van der Waals surface area (Å²) >= 11 is 3.44. The van der Waals surface area contributed by atoms with E-state index >= 15 is 0 Å². The molecule has 1 aliphatic heterocycles. The molecule has 1 N–H and O–H groups in total. The zero-order chi connectivity index (χ0) is 16.4. The third-order valence-electron chi connectivity index (χ3n) is 3.69. The van der Waals surface area contributed by atoms with Crippen molar-refractivity contribution in [3.05, 3.63) is 33.6 Å². The van der Waals surface area contributed by atoms with Crippen molar-refractivity contribution in [1.29, 1.82) is 0 Å². The lowest BCUT2D eigenvalue weighted by Gasteiger charge is -2.20. The zero-order valence-electron chi connectivity index (χ0n) is 12.9. The second-order valence-corrected chi connectivity index (χ2v) is 6.18. The first-order valence-corrected chi connectivity index (χ1v) is 8.14. The highest BCUT2D eigenvalue weighted by Gasteiger charge is 2.17. The van der Waals surface area contributed by atoms with Gasteiger partial charge in [0.25, 0.3) is 0 Å². The molecule has 0 aliphatic carbocycles. The van der Waals surface area contributed by atoms with Crippen molar-refractivity contribution in [2.45, 2.75) is 26.7 Å². The Kier molecular flexibility index (Phi) is 4.56. The standard InChI is InChI=1S/C16H17BrN2O4/c1-9-11(10(2)23-19-9)3-4-16(20)18-13-8-15-14(7-12(13)17)21-5-6-22-15/h7-8H,3-6H2,1-2H3,(H,18,20). The van der Waals surface area contributed by atoms with Crippen molar-refractivity contribution in [3.63, 3.8) is 0 Å². The number of hydrogen-bond acceptors (Lipinski definition) is 5. The molecule has 3 rings (SSSR count). The van der Waals surface area contributed by atoms with Crippen molar-refractivity contribution in [1.82, 2.24) is 5.16 Å². The van der Waals surface area contributed by atoms with Crippen molar-refractivity contribution >= 4 is 27.5 Å². The zero-order valence-corrected chi connectivity index (χ0v) is 14.5. The Balaban J connectivity index is 1.66. The average Bonchev–Trinajstić information content (AvgIpc) is 2.85. The molecular weight excluding hydrogens is 364 g/mol. The van der Waals surface area contributed by atoms with Gasteiger partial charge in [-0.2, -0.15) is 0 Å². The van der Waals surface area contributed by atoms with Crippen LogP contribution in [0.4, 0.5) is 5.69 Å². The minimum absolute atomic E-state index is 0.0811. The summed E-state index contributed by atoms with van der Waals surface area (Å²) in [5.74, 6) is 2.00. The molecule has 0 bridgehead atoms. The first-order valence-electron chi connectivity index (χ1n) is 7.35. The van der Waals surface area contributed by atoms with Gasteiger partial charge in [-0.1, -0.05) is 5.16 Å². The highest BCUT2D eigenvalue weighted by atomic mass is 79.9. The number of halogens is 1. The Hall–Kier alpha value is -2.02. The Bertz CT molecular complexity index is 722. The fraction of sp³-hybridized carbons (Fsp3) is 0.375. The Morgan fingerprint density at radius 3 is 2.61 bits per heavy atom. The number of ether oxygens (including phenoxy) is 2. The van der Waals surface area contributed by atoms with Gasteiger partial charge < -0.3 is 19.3 Å². The van der Waals surface area contributed by atoms with E-state index in [0.717, 1.165) is 21.5 Å². The van der Waals surface area contributed by atoms with Crippen LogP contribution in [0.5, 0.6) is 11.5 Å². The lowest BCUT2D eigenvalue weighted by Crippen LogP contribution is -2.17. The number of anilines is 1. The minimum Gasteiger partial charge on any atom is -0.486 e. The van der Waals surface area contributed by atoms with Crippen LogP contribution in [-0.2, 0) is 11.2 Å². The molecule has 2 heterocycles. The van der Waals surface area contributed by atoms with Gasteiger partial charge in [0.15, 0.2) is 11.5 Å². The number of nitrogens with one attached hydrogen (secondary N) is 1. The Morgan fingerprint density at radius 1 is 1.26 bits per heavy atom. The fourth-order valence-electron chi connectivity index (χ4n) is 2.47. The summed E-state index contributed by atoms with van der Waals surface area (Å²) in [6.45, 7) is 4.77. The van der Waals surface area contributed by atoms with Crippen LogP contribution in [0, 0.1) is 13.8 Å². The molecule has 0 fully saturated rings. The monoisotopic (exact) mass is 380 g/mol. The van der Waals surface area contributed by atoms with Gasteiger partial charge in [0.1, 0.15) is 19.0 Å². The molecule has 2 aromatic rings. The molecule has 0 spiro atoms. The van der Waals surface area contributed by atoms with Crippen LogP contribution in [0.1, 0.15) is 23.4 Å². The SMILES string of the molecule is Cc1noc(C)c1CCC(=O)Nc1cc2c(cc1Br)OCCO2. The molecular formula is C16H17BrN2O4. The van der Waals surface area contributed by atoms with Gasteiger partial charge in [0.2, 0.25) is 5.91 Å². The van der Waals surface area contributed by atoms with Gasteiger partial charge in [-0.25, -0.2) is 0 Å². The summed E-state index contributed by atoms with van der Waals surface area (Å²) in [7, 11) is 0. The van der Waals surface area contributed by atoms with Crippen molar-refractivity contribution in [2.75, 3.05) is 18.5 Å². The van der Waals surface area contributed by atoms with E-state index in [1.807, 2.05) is 13.8 Å². The number of benzene rings is 1. The summed E-state index contributed by atoms with van der Waals surface area (Å²) in [4.78, 5) is 12.2. The highest BCUT2D eigenvalue weighted by molar-refractivity contribution is 9.10. The highest BCUT2D eigenvalue weighted by Crippen LogP contribution is 2.38. The quantitative estimate of drug-likeness (QED) is 0.879. The third-order valence-corrected chi connectivity index (χ3v) is 4.35. The van der Waals surface area contributed by atoms with Crippen LogP contribution in [0.15, 0.2) is 21.1 Å². The predicted molar refractivity (Wildman–Crippen MR) is 88.1 cm³/mol. The minimum atomic E-state index is -0.0811.